The molecule has 3 heterocycles. The summed E-state index contributed by atoms with van der Waals surface area (Å²) in [4.78, 5) is 5.00. The van der Waals surface area contributed by atoms with Crippen molar-refractivity contribution < 1.29 is 0 Å². The molecule has 0 radical (unpaired) electrons. The fraction of sp³-hybridized carbons (Fsp3) is 0. The zero-order valence-electron chi connectivity index (χ0n) is 25.1. The molecule has 0 saturated heterocycles. The average Bonchev–Trinajstić information content (AvgIpc) is 3.48. The minimum atomic E-state index is 0.0127. The van der Waals surface area contributed by atoms with Crippen molar-refractivity contribution in [2.75, 3.05) is 9.71 Å². The number of anilines is 5. The predicted octanol–water partition coefficient (Wildman–Crippen LogP) is 9.49. The Morgan fingerprint density at radius 3 is 1.83 bits per heavy atom. The van der Waals surface area contributed by atoms with Crippen LogP contribution in [0.4, 0.5) is 28.4 Å². The average molecular weight is 586 g/mol. The van der Waals surface area contributed by atoms with E-state index in [1.165, 1.54) is 66.6 Å². The third-order valence-electron chi connectivity index (χ3n) is 9.72. The van der Waals surface area contributed by atoms with E-state index in [1.54, 1.807) is 0 Å². The minimum Gasteiger partial charge on any atom is -0.376 e. The van der Waals surface area contributed by atoms with Gasteiger partial charge in [0.25, 0.3) is 0 Å². The molecule has 0 N–H and O–H groups in total. The summed E-state index contributed by atoms with van der Waals surface area (Å²) in [6.45, 7) is 0.0127. The van der Waals surface area contributed by atoms with Crippen LogP contribution in [-0.2, 0) is 0 Å². The summed E-state index contributed by atoms with van der Waals surface area (Å²) in [5.74, 6) is 0. The van der Waals surface area contributed by atoms with Crippen LogP contribution in [0.2, 0.25) is 0 Å². The molecule has 2 aliphatic heterocycles. The van der Waals surface area contributed by atoms with Gasteiger partial charge >= 0.3 is 6.85 Å². The van der Waals surface area contributed by atoms with E-state index in [2.05, 4.69) is 184 Å². The highest BCUT2D eigenvalue weighted by molar-refractivity contribution is 6.93. The second-order valence-corrected chi connectivity index (χ2v) is 12.1. The van der Waals surface area contributed by atoms with E-state index in [9.17, 15) is 0 Å². The summed E-state index contributed by atoms with van der Waals surface area (Å²) in [6.07, 6.45) is 0. The molecule has 46 heavy (non-hydrogen) atoms. The molecule has 0 spiro atoms. The monoisotopic (exact) mass is 585 g/mol. The Hall–Kier alpha value is -6.00. The van der Waals surface area contributed by atoms with Crippen molar-refractivity contribution in [3.63, 3.8) is 0 Å². The Morgan fingerprint density at radius 2 is 1.09 bits per heavy atom. The summed E-state index contributed by atoms with van der Waals surface area (Å²) in [5.41, 5.74) is 14.8. The molecule has 3 nitrogen and oxygen atoms in total. The highest BCUT2D eigenvalue weighted by atomic mass is 15.2. The van der Waals surface area contributed by atoms with Gasteiger partial charge in [0.2, 0.25) is 0 Å². The van der Waals surface area contributed by atoms with Gasteiger partial charge in [-0.3, -0.25) is 0 Å². The molecule has 0 fully saturated rings. The van der Waals surface area contributed by atoms with E-state index in [4.69, 9.17) is 0 Å². The number of nitrogens with zero attached hydrogens (tertiary/aromatic N) is 3. The number of rotatable bonds is 4. The van der Waals surface area contributed by atoms with Gasteiger partial charge in [-0.05, 0) is 77.2 Å². The summed E-state index contributed by atoms with van der Waals surface area (Å²) < 4.78 is 2.53. The molecule has 2 aliphatic rings. The van der Waals surface area contributed by atoms with Crippen molar-refractivity contribution in [2.45, 2.75) is 0 Å². The maximum atomic E-state index is 2.56. The normalized spacial score (nSPS) is 12.7. The molecule has 4 heteroatoms. The van der Waals surface area contributed by atoms with Gasteiger partial charge < -0.3 is 14.3 Å². The smallest absolute Gasteiger partial charge is 0.333 e. The number of para-hydroxylation sites is 6. The first-order valence-corrected chi connectivity index (χ1v) is 15.9. The first-order valence-electron chi connectivity index (χ1n) is 15.9. The maximum absolute atomic E-state index is 2.56. The van der Waals surface area contributed by atoms with Crippen molar-refractivity contribution in [3.8, 4) is 16.8 Å². The number of hydrogen-bond donors (Lipinski definition) is 0. The second-order valence-electron chi connectivity index (χ2n) is 12.1. The molecule has 214 valence electrons. The lowest BCUT2D eigenvalue weighted by molar-refractivity contribution is 1.18. The first-order chi connectivity index (χ1) is 22.9. The van der Waals surface area contributed by atoms with Crippen molar-refractivity contribution in [1.82, 2.24) is 4.57 Å². The van der Waals surface area contributed by atoms with Crippen molar-refractivity contribution >= 4 is 68.0 Å². The Kier molecular flexibility index (Phi) is 5.37. The summed E-state index contributed by atoms with van der Waals surface area (Å²) in [5, 5.41) is 2.53. The van der Waals surface area contributed by atoms with E-state index < -0.39 is 0 Å². The fourth-order valence-corrected chi connectivity index (χ4v) is 7.95. The molecule has 0 amide bonds. The van der Waals surface area contributed by atoms with Crippen LogP contribution < -0.4 is 20.6 Å². The molecule has 1 aromatic heterocycles. The highest BCUT2D eigenvalue weighted by Crippen LogP contribution is 2.49. The first kappa shape index (κ1) is 25.3. The zero-order chi connectivity index (χ0) is 30.2. The van der Waals surface area contributed by atoms with Crippen molar-refractivity contribution in [1.29, 1.82) is 0 Å². The number of benzene rings is 7. The zero-order valence-corrected chi connectivity index (χ0v) is 25.1. The Morgan fingerprint density at radius 1 is 0.500 bits per heavy atom. The van der Waals surface area contributed by atoms with Crippen LogP contribution in [0, 0.1) is 0 Å². The molecule has 0 saturated carbocycles. The van der Waals surface area contributed by atoms with Crippen LogP contribution >= 0.6 is 0 Å². The lowest BCUT2D eigenvalue weighted by Crippen LogP contribution is -2.60. The predicted molar refractivity (Wildman–Crippen MR) is 195 cm³/mol. The van der Waals surface area contributed by atoms with Crippen molar-refractivity contribution in [2.24, 2.45) is 0 Å². The summed E-state index contributed by atoms with van der Waals surface area (Å²) in [7, 11) is 0. The molecule has 0 bridgehead atoms. The van der Waals surface area contributed by atoms with Gasteiger partial charge in [0, 0.05) is 44.8 Å². The van der Waals surface area contributed by atoms with Gasteiger partial charge in [-0.15, -0.1) is 0 Å². The third-order valence-corrected chi connectivity index (χ3v) is 9.72. The van der Waals surface area contributed by atoms with Gasteiger partial charge in [-0.25, -0.2) is 0 Å². The summed E-state index contributed by atoms with van der Waals surface area (Å²) >= 11 is 0. The highest BCUT2D eigenvalue weighted by Gasteiger charge is 2.44. The molecule has 0 unspecified atom stereocenters. The van der Waals surface area contributed by atoms with Crippen LogP contribution in [0.1, 0.15) is 0 Å². The lowest BCUT2D eigenvalue weighted by atomic mass is 9.44. The molecule has 0 aliphatic carbocycles. The maximum Gasteiger partial charge on any atom is 0.333 e. The molecule has 7 aromatic carbocycles. The standard InChI is InChI=1S/C42H28BN3/c1-4-16-29(17-5-1)44(30-18-6-2-7-19-30)39-28-34-32-22-10-14-26-37(32)46(31-20-8-3-9-21-31)43-35-24-12-15-27-38(35)45-36-25-13-11-23-33(36)40(39)42(45)41(34)43/h1-28H. The van der Waals surface area contributed by atoms with Gasteiger partial charge in [-0.2, -0.15) is 0 Å². The van der Waals surface area contributed by atoms with Gasteiger partial charge in [0.05, 0.1) is 16.7 Å². The molecule has 0 atom stereocenters. The topological polar surface area (TPSA) is 11.4 Å². The lowest BCUT2D eigenvalue weighted by Gasteiger charge is -2.42. The van der Waals surface area contributed by atoms with Crippen LogP contribution in [0.25, 0.3) is 38.6 Å². The van der Waals surface area contributed by atoms with Crippen LogP contribution in [0.15, 0.2) is 170 Å². The molecule has 10 rings (SSSR count). The fourth-order valence-electron chi connectivity index (χ4n) is 7.95. The molecular formula is C42H28BN3. The Balaban J connectivity index is 1.43. The third kappa shape index (κ3) is 3.44. The van der Waals surface area contributed by atoms with E-state index in [-0.39, 0.29) is 6.85 Å². The van der Waals surface area contributed by atoms with Crippen LogP contribution in [0.3, 0.4) is 0 Å². The van der Waals surface area contributed by atoms with E-state index in [0.717, 1.165) is 11.4 Å². The quantitative estimate of drug-likeness (QED) is 0.191. The summed E-state index contributed by atoms with van der Waals surface area (Å²) in [6, 6.07) is 61.8. The van der Waals surface area contributed by atoms with Gasteiger partial charge in [0.15, 0.2) is 0 Å². The van der Waals surface area contributed by atoms with Crippen molar-refractivity contribution in [3.05, 3.63) is 170 Å². The van der Waals surface area contributed by atoms with E-state index in [0.29, 0.717) is 0 Å². The largest absolute Gasteiger partial charge is 0.376 e. The van der Waals surface area contributed by atoms with Gasteiger partial charge in [0.1, 0.15) is 0 Å². The number of aromatic nitrogens is 1. The van der Waals surface area contributed by atoms with E-state index >= 15 is 0 Å². The Labute approximate surface area is 268 Å². The number of fused-ring (bicyclic) bond motifs is 8. The molecule has 8 aromatic rings. The minimum absolute atomic E-state index is 0.0127. The van der Waals surface area contributed by atoms with E-state index in [1.807, 2.05) is 0 Å². The van der Waals surface area contributed by atoms with Gasteiger partial charge in [-0.1, -0.05) is 109 Å². The van der Waals surface area contributed by atoms with Crippen LogP contribution in [-0.4, -0.2) is 11.4 Å². The molecular weight excluding hydrogens is 557 g/mol. The van der Waals surface area contributed by atoms with Crippen LogP contribution in [0.5, 0.6) is 0 Å². The number of hydrogen-bond acceptors (Lipinski definition) is 2. The second kappa shape index (κ2) is 9.75. The Bertz CT molecular complexity index is 2390. The SMILES string of the molecule is c1ccc(N2B3c4ccccc4-n4c5ccccc5c5c(N(c6ccccc6)c6ccccc6)cc(c3c54)-c3ccccc32)cc1.